The molecule has 0 aliphatic carbocycles. The fourth-order valence-corrected chi connectivity index (χ4v) is 3.04. The molecule has 6 heteroatoms. The van der Waals surface area contributed by atoms with Crippen molar-refractivity contribution in [2.75, 3.05) is 11.6 Å². The summed E-state index contributed by atoms with van der Waals surface area (Å²) in [5.41, 5.74) is 2.43. The van der Waals surface area contributed by atoms with Crippen molar-refractivity contribution in [1.82, 2.24) is 10.6 Å². The van der Waals surface area contributed by atoms with Crippen LogP contribution in [-0.2, 0) is 9.59 Å². The van der Waals surface area contributed by atoms with Crippen molar-refractivity contribution >= 4 is 23.2 Å². The second kappa shape index (κ2) is 8.49. The van der Waals surface area contributed by atoms with Gasteiger partial charge in [0.25, 0.3) is 5.91 Å². The third-order valence-electron chi connectivity index (χ3n) is 4.24. The summed E-state index contributed by atoms with van der Waals surface area (Å²) in [6.45, 7) is 3.70. The lowest BCUT2D eigenvalue weighted by Crippen LogP contribution is -2.41. The average Bonchev–Trinajstić information content (AvgIpc) is 3.12. The first-order chi connectivity index (χ1) is 13.0. The number of nitrogens with zero attached hydrogens (tertiary/aromatic N) is 2. The molecular formula is C21H24N4O2. The van der Waals surface area contributed by atoms with Crippen molar-refractivity contribution in [3.05, 3.63) is 66.2 Å². The third-order valence-corrected chi connectivity index (χ3v) is 4.24. The summed E-state index contributed by atoms with van der Waals surface area (Å²) < 4.78 is 0. The molecule has 0 aromatic heterocycles. The molecule has 1 heterocycles. The number of rotatable bonds is 6. The van der Waals surface area contributed by atoms with Crippen LogP contribution in [-0.4, -0.2) is 30.1 Å². The highest BCUT2D eigenvalue weighted by Crippen LogP contribution is 2.34. The van der Waals surface area contributed by atoms with E-state index in [1.165, 1.54) is 0 Å². The molecule has 0 bridgehead atoms. The summed E-state index contributed by atoms with van der Waals surface area (Å²) in [6.07, 6.45) is 0.483. The summed E-state index contributed by atoms with van der Waals surface area (Å²) in [5, 5.41) is 11.9. The summed E-state index contributed by atoms with van der Waals surface area (Å²) >= 11 is 0. The number of carbonyl (C=O) groups excluding carboxylic acids is 2. The summed E-state index contributed by atoms with van der Waals surface area (Å²) in [6, 6.07) is 19.7. The van der Waals surface area contributed by atoms with Crippen LogP contribution in [0.4, 0.5) is 5.69 Å². The Hall–Kier alpha value is -3.15. The molecule has 27 heavy (non-hydrogen) atoms. The molecule has 1 atom stereocenters. The van der Waals surface area contributed by atoms with Gasteiger partial charge in [-0.1, -0.05) is 48.5 Å². The molecule has 2 amide bonds. The smallest absolute Gasteiger partial charge is 0.268 e. The molecule has 1 aliphatic heterocycles. The van der Waals surface area contributed by atoms with Crippen LogP contribution in [0.1, 0.15) is 31.9 Å². The zero-order valence-corrected chi connectivity index (χ0v) is 15.6. The van der Waals surface area contributed by atoms with Gasteiger partial charge in [-0.25, -0.2) is 0 Å². The molecular weight excluding hydrogens is 340 g/mol. The Morgan fingerprint density at radius 3 is 2.33 bits per heavy atom. The monoisotopic (exact) mass is 364 g/mol. The fraction of sp³-hybridized carbons (Fsp3) is 0.286. The summed E-state index contributed by atoms with van der Waals surface area (Å²) in [5.74, 6) is -0.523. The number of benzene rings is 2. The Kier molecular flexibility index (Phi) is 5.86. The van der Waals surface area contributed by atoms with Gasteiger partial charge in [0, 0.05) is 12.5 Å². The van der Waals surface area contributed by atoms with Crippen molar-refractivity contribution in [1.29, 1.82) is 0 Å². The molecule has 140 valence electrons. The number of hydrogen-bond donors (Lipinski definition) is 2. The van der Waals surface area contributed by atoms with Gasteiger partial charge >= 0.3 is 0 Å². The van der Waals surface area contributed by atoms with E-state index in [4.69, 9.17) is 0 Å². The van der Waals surface area contributed by atoms with Gasteiger partial charge in [0.05, 0.1) is 18.3 Å². The van der Waals surface area contributed by atoms with Crippen molar-refractivity contribution < 1.29 is 9.59 Å². The molecule has 1 aliphatic rings. The van der Waals surface area contributed by atoms with Crippen LogP contribution in [0.15, 0.2) is 65.8 Å². The van der Waals surface area contributed by atoms with E-state index in [0.29, 0.717) is 12.1 Å². The van der Waals surface area contributed by atoms with Crippen molar-refractivity contribution in [3.8, 4) is 0 Å². The van der Waals surface area contributed by atoms with Crippen LogP contribution < -0.4 is 15.6 Å². The van der Waals surface area contributed by atoms with Crippen molar-refractivity contribution in [2.24, 2.45) is 5.10 Å². The molecule has 0 spiro atoms. The number of carbonyl (C=O) groups is 2. The van der Waals surface area contributed by atoms with Gasteiger partial charge in [0.1, 0.15) is 5.71 Å². The lowest BCUT2D eigenvalue weighted by molar-refractivity contribution is -0.123. The topological polar surface area (TPSA) is 73.8 Å². The second-order valence-corrected chi connectivity index (χ2v) is 6.76. The molecule has 0 saturated heterocycles. The minimum atomic E-state index is -0.312. The Morgan fingerprint density at radius 2 is 1.70 bits per heavy atom. The van der Waals surface area contributed by atoms with Gasteiger partial charge in [0.15, 0.2) is 0 Å². The first-order valence-corrected chi connectivity index (χ1v) is 9.09. The maximum atomic E-state index is 12.5. The Morgan fingerprint density at radius 1 is 1.07 bits per heavy atom. The van der Waals surface area contributed by atoms with E-state index in [2.05, 4.69) is 15.7 Å². The van der Waals surface area contributed by atoms with E-state index in [1.807, 2.05) is 79.5 Å². The molecule has 1 unspecified atom stereocenters. The number of hydrogen-bond acceptors (Lipinski definition) is 4. The quantitative estimate of drug-likeness (QED) is 0.828. The van der Waals surface area contributed by atoms with E-state index in [-0.39, 0.29) is 30.4 Å². The lowest BCUT2D eigenvalue weighted by atomic mass is 10.0. The molecule has 0 radical (unpaired) electrons. The van der Waals surface area contributed by atoms with Crippen LogP contribution in [0.2, 0.25) is 0 Å². The van der Waals surface area contributed by atoms with Crippen molar-refractivity contribution in [3.63, 3.8) is 0 Å². The normalized spacial score (nSPS) is 16.2. The molecule has 0 saturated carbocycles. The van der Waals surface area contributed by atoms with Gasteiger partial charge < -0.3 is 10.6 Å². The molecule has 6 nitrogen and oxygen atoms in total. The van der Waals surface area contributed by atoms with Crippen LogP contribution >= 0.6 is 0 Å². The Labute approximate surface area is 159 Å². The first-order valence-electron chi connectivity index (χ1n) is 9.09. The van der Waals surface area contributed by atoms with Gasteiger partial charge in [0.2, 0.25) is 5.91 Å². The van der Waals surface area contributed by atoms with Crippen molar-refractivity contribution in [2.45, 2.75) is 32.4 Å². The van der Waals surface area contributed by atoms with Crippen LogP contribution in [0.5, 0.6) is 0 Å². The molecule has 2 aromatic carbocycles. The predicted octanol–water partition coefficient (Wildman–Crippen LogP) is 2.63. The van der Waals surface area contributed by atoms with Gasteiger partial charge in [-0.15, -0.1) is 0 Å². The number of para-hydroxylation sites is 1. The first kappa shape index (κ1) is 18.6. The minimum Gasteiger partial charge on any atom is -0.352 e. The summed E-state index contributed by atoms with van der Waals surface area (Å²) in [7, 11) is 0. The third kappa shape index (κ3) is 4.73. The zero-order valence-electron chi connectivity index (χ0n) is 15.6. The Bertz CT molecular complexity index is 819. The molecule has 2 aromatic rings. The van der Waals surface area contributed by atoms with Crippen LogP contribution in [0.25, 0.3) is 0 Å². The van der Waals surface area contributed by atoms with Gasteiger partial charge in [-0.3, -0.25) is 14.6 Å². The number of nitrogens with one attached hydrogen (secondary N) is 2. The standard InChI is InChI=1S/C21H24N4O2/c1-15(2)23-20(26)14-22-21(27)18-13-19(16-9-5-3-6-10-16)25(24-18)17-11-7-4-8-12-17/h3-12,15,19H,13-14H2,1-2H3,(H,22,27)(H,23,26). The van der Waals surface area contributed by atoms with E-state index in [9.17, 15) is 9.59 Å². The van der Waals surface area contributed by atoms with E-state index in [1.54, 1.807) is 0 Å². The number of amides is 2. The second-order valence-electron chi connectivity index (χ2n) is 6.76. The lowest BCUT2D eigenvalue weighted by Gasteiger charge is -2.23. The SMILES string of the molecule is CC(C)NC(=O)CNC(=O)C1=NN(c2ccccc2)C(c2ccccc2)C1. The van der Waals surface area contributed by atoms with E-state index < -0.39 is 0 Å². The van der Waals surface area contributed by atoms with Gasteiger partial charge in [-0.05, 0) is 31.5 Å². The minimum absolute atomic E-state index is 0.0363. The zero-order chi connectivity index (χ0) is 19.2. The Balaban J connectivity index is 1.76. The van der Waals surface area contributed by atoms with E-state index in [0.717, 1.165) is 11.3 Å². The maximum Gasteiger partial charge on any atom is 0.268 e. The molecule has 2 N–H and O–H groups in total. The van der Waals surface area contributed by atoms with Crippen LogP contribution in [0, 0.1) is 0 Å². The van der Waals surface area contributed by atoms with E-state index >= 15 is 0 Å². The summed E-state index contributed by atoms with van der Waals surface area (Å²) in [4.78, 5) is 24.3. The van der Waals surface area contributed by atoms with Gasteiger partial charge in [-0.2, -0.15) is 5.10 Å². The highest BCUT2D eigenvalue weighted by molar-refractivity contribution is 6.40. The number of hydrazone groups is 1. The largest absolute Gasteiger partial charge is 0.352 e. The van der Waals surface area contributed by atoms with Crippen LogP contribution in [0.3, 0.4) is 0 Å². The molecule has 3 rings (SSSR count). The fourth-order valence-electron chi connectivity index (χ4n) is 3.04. The molecule has 0 fully saturated rings. The highest BCUT2D eigenvalue weighted by Gasteiger charge is 2.32. The number of anilines is 1. The average molecular weight is 364 g/mol. The predicted molar refractivity (Wildman–Crippen MR) is 106 cm³/mol. The maximum absolute atomic E-state index is 12.5. The highest BCUT2D eigenvalue weighted by atomic mass is 16.2.